The number of phenolic OH excluding ortho intramolecular Hbond substituents is 2. The van der Waals surface area contributed by atoms with Gasteiger partial charge in [0.2, 0.25) is 0 Å². The minimum Gasteiger partial charge on any atom is -0.504 e. The van der Waals surface area contributed by atoms with E-state index in [1.807, 2.05) is 0 Å². The molecule has 0 aliphatic heterocycles. The average molecular weight is 385 g/mol. The smallest absolute Gasteiger partial charge is 0.433 e. The van der Waals surface area contributed by atoms with Crippen LogP contribution in [0, 0.1) is 0 Å². The van der Waals surface area contributed by atoms with Crippen molar-refractivity contribution in [2.75, 3.05) is 5.32 Å². The lowest BCUT2D eigenvalue weighted by Crippen LogP contribution is -2.09. The fourth-order valence-corrected chi connectivity index (χ4v) is 2.06. The third-order valence-electron chi connectivity index (χ3n) is 3.23. The summed E-state index contributed by atoms with van der Waals surface area (Å²) in [5, 5.41) is 21.6. The lowest BCUT2D eigenvalue weighted by atomic mass is 10.1. The fraction of sp³-hybridized carbons (Fsp3) is 0.0625. The van der Waals surface area contributed by atoms with E-state index in [2.05, 4.69) is 20.3 Å². The zero-order valence-corrected chi connectivity index (χ0v) is 13.7. The van der Waals surface area contributed by atoms with Crippen molar-refractivity contribution < 1.29 is 23.4 Å². The molecule has 3 N–H and O–H groups in total. The van der Waals surface area contributed by atoms with Gasteiger partial charge in [0.15, 0.2) is 11.5 Å². The predicted octanol–water partition coefficient (Wildman–Crippen LogP) is 4.13. The lowest BCUT2D eigenvalue weighted by molar-refractivity contribution is -0.141. The maximum absolute atomic E-state index is 12.7. The molecule has 2 heterocycles. The molecule has 0 aliphatic rings. The van der Waals surface area contributed by atoms with Gasteiger partial charge in [-0.1, -0.05) is 6.07 Å². The molecule has 6 nitrogen and oxygen atoms in total. The first kappa shape index (κ1) is 19.3. The van der Waals surface area contributed by atoms with Crippen LogP contribution in [-0.4, -0.2) is 25.2 Å². The van der Waals surface area contributed by atoms with Gasteiger partial charge in [-0.3, -0.25) is 0 Å². The van der Waals surface area contributed by atoms with Gasteiger partial charge in [-0.2, -0.15) is 13.2 Å². The topological polar surface area (TPSA) is 91.2 Å². The molecule has 0 aliphatic carbocycles. The molecule has 136 valence electrons. The number of halogens is 4. The van der Waals surface area contributed by atoms with Gasteiger partial charge in [-0.05, 0) is 30.3 Å². The van der Waals surface area contributed by atoms with Crippen LogP contribution in [-0.2, 0) is 6.18 Å². The molecule has 10 heteroatoms. The molecule has 1 aromatic carbocycles. The molecule has 0 fully saturated rings. The normalized spacial score (nSPS) is 10.9. The van der Waals surface area contributed by atoms with Gasteiger partial charge < -0.3 is 15.5 Å². The van der Waals surface area contributed by atoms with E-state index in [1.54, 1.807) is 0 Å². The number of hydrogen-bond acceptors (Lipinski definition) is 6. The van der Waals surface area contributed by atoms with Gasteiger partial charge in [0.05, 0.1) is 5.69 Å². The number of phenols is 2. The van der Waals surface area contributed by atoms with E-state index in [9.17, 15) is 23.4 Å². The van der Waals surface area contributed by atoms with Crippen LogP contribution in [0.4, 0.5) is 24.8 Å². The maximum atomic E-state index is 12.7. The molecule has 26 heavy (non-hydrogen) atoms. The molecule has 3 rings (SSSR count). The Labute approximate surface area is 151 Å². The van der Waals surface area contributed by atoms with Gasteiger partial charge in [0.1, 0.15) is 23.7 Å². The molecule has 0 radical (unpaired) electrons. The highest BCUT2D eigenvalue weighted by Crippen LogP contribution is 2.31. The Morgan fingerprint density at radius 2 is 1.65 bits per heavy atom. The number of benzene rings is 1. The van der Waals surface area contributed by atoms with Gasteiger partial charge >= 0.3 is 6.18 Å². The van der Waals surface area contributed by atoms with Crippen molar-refractivity contribution in [3.8, 4) is 22.8 Å². The zero-order chi connectivity index (χ0) is 18.0. The molecular formula is C16H12ClF3N4O2. The van der Waals surface area contributed by atoms with E-state index in [0.717, 1.165) is 6.07 Å². The summed E-state index contributed by atoms with van der Waals surface area (Å²) in [6.07, 6.45) is -3.33. The van der Waals surface area contributed by atoms with Crippen LogP contribution < -0.4 is 5.32 Å². The van der Waals surface area contributed by atoms with Crippen molar-refractivity contribution in [2.45, 2.75) is 6.18 Å². The maximum Gasteiger partial charge on any atom is 0.433 e. The zero-order valence-electron chi connectivity index (χ0n) is 12.9. The third kappa shape index (κ3) is 4.31. The van der Waals surface area contributed by atoms with Crippen LogP contribution in [0.5, 0.6) is 11.5 Å². The van der Waals surface area contributed by atoms with Crippen LogP contribution in [0.25, 0.3) is 11.3 Å². The van der Waals surface area contributed by atoms with Gasteiger partial charge in [0.25, 0.3) is 0 Å². The summed E-state index contributed by atoms with van der Waals surface area (Å²) in [7, 11) is 0. The number of alkyl halides is 3. The van der Waals surface area contributed by atoms with Gasteiger partial charge in [-0.25, -0.2) is 15.0 Å². The fourth-order valence-electron chi connectivity index (χ4n) is 2.06. The quantitative estimate of drug-likeness (QED) is 0.588. The summed E-state index contributed by atoms with van der Waals surface area (Å²) in [6.45, 7) is 0. The summed E-state index contributed by atoms with van der Waals surface area (Å²) in [6, 6.07) is 9.10. The minimum absolute atomic E-state index is 0. The van der Waals surface area contributed by atoms with E-state index >= 15 is 0 Å². The Morgan fingerprint density at radius 3 is 2.35 bits per heavy atom. The van der Waals surface area contributed by atoms with Crippen molar-refractivity contribution in [3.05, 3.63) is 54.5 Å². The number of hydrogen-bond donors (Lipinski definition) is 3. The molecule has 3 aromatic rings. The second-order valence-corrected chi connectivity index (χ2v) is 5.02. The number of nitrogens with zero attached hydrogens (tertiary/aromatic N) is 3. The average Bonchev–Trinajstić information content (AvgIpc) is 2.57. The molecule has 0 spiro atoms. The van der Waals surface area contributed by atoms with Crippen LogP contribution in [0.2, 0.25) is 0 Å². The highest BCUT2D eigenvalue weighted by molar-refractivity contribution is 5.85. The standard InChI is InChI=1S/C16H11F3N4O2.ClH/c17-16(18,19)13-2-1-3-14(22-13)23-15-7-10(20-8-21-15)9-4-5-11(24)12(25)6-9;/h1-8,24-25H,(H,20,21,22,23);1H. The summed E-state index contributed by atoms with van der Waals surface area (Å²) in [4.78, 5) is 11.5. The first-order valence-corrected chi connectivity index (χ1v) is 6.98. The summed E-state index contributed by atoms with van der Waals surface area (Å²) in [5.41, 5.74) is -0.118. The summed E-state index contributed by atoms with van der Waals surface area (Å²) in [5.74, 6) is -0.382. The van der Waals surface area contributed by atoms with Crippen LogP contribution in [0.3, 0.4) is 0 Å². The van der Waals surface area contributed by atoms with E-state index in [0.29, 0.717) is 11.3 Å². The second-order valence-electron chi connectivity index (χ2n) is 5.02. The molecule has 0 unspecified atom stereocenters. The Bertz CT molecular complexity index is 922. The minimum atomic E-state index is -4.54. The largest absolute Gasteiger partial charge is 0.504 e. The molecule has 0 saturated carbocycles. The monoisotopic (exact) mass is 384 g/mol. The van der Waals surface area contributed by atoms with E-state index in [-0.39, 0.29) is 35.5 Å². The molecule has 0 amide bonds. The second kappa shape index (κ2) is 7.44. The first-order valence-electron chi connectivity index (χ1n) is 6.98. The number of aromatic hydroxyl groups is 2. The SMILES string of the molecule is Cl.Oc1ccc(-c2cc(Nc3cccc(C(F)(F)F)n3)ncn2)cc1O. The first-order chi connectivity index (χ1) is 11.8. The van der Waals surface area contributed by atoms with Crippen molar-refractivity contribution >= 4 is 24.0 Å². The molecule has 0 atom stereocenters. The van der Waals surface area contributed by atoms with Crippen molar-refractivity contribution in [1.29, 1.82) is 0 Å². The Hall–Kier alpha value is -3.07. The molecular weight excluding hydrogens is 373 g/mol. The van der Waals surface area contributed by atoms with Crippen molar-refractivity contribution in [2.24, 2.45) is 0 Å². The third-order valence-corrected chi connectivity index (χ3v) is 3.23. The van der Waals surface area contributed by atoms with Crippen LogP contribution in [0.1, 0.15) is 5.69 Å². The van der Waals surface area contributed by atoms with E-state index < -0.39 is 11.9 Å². The van der Waals surface area contributed by atoms with Crippen LogP contribution in [0.15, 0.2) is 48.8 Å². The Kier molecular flexibility index (Phi) is 5.51. The number of aromatic nitrogens is 3. The number of rotatable bonds is 3. The molecule has 0 bridgehead atoms. The van der Waals surface area contributed by atoms with Crippen LogP contribution >= 0.6 is 12.4 Å². The number of anilines is 2. The van der Waals surface area contributed by atoms with E-state index in [1.165, 1.54) is 42.7 Å². The molecule has 2 aromatic heterocycles. The highest BCUT2D eigenvalue weighted by Gasteiger charge is 2.32. The summed E-state index contributed by atoms with van der Waals surface area (Å²) < 4.78 is 38.1. The van der Waals surface area contributed by atoms with E-state index in [4.69, 9.17) is 0 Å². The Balaban J connectivity index is 0.00000243. The van der Waals surface area contributed by atoms with Crippen molar-refractivity contribution in [3.63, 3.8) is 0 Å². The lowest BCUT2D eigenvalue weighted by Gasteiger charge is -2.10. The van der Waals surface area contributed by atoms with Gasteiger partial charge in [-0.15, -0.1) is 12.4 Å². The summed E-state index contributed by atoms with van der Waals surface area (Å²) >= 11 is 0. The molecule has 0 saturated heterocycles. The number of pyridine rings is 1. The number of nitrogens with one attached hydrogen (secondary N) is 1. The van der Waals surface area contributed by atoms with Gasteiger partial charge in [0, 0.05) is 11.6 Å². The predicted molar refractivity (Wildman–Crippen MR) is 90.6 cm³/mol. The highest BCUT2D eigenvalue weighted by atomic mass is 35.5. The Morgan fingerprint density at radius 1 is 0.885 bits per heavy atom. The van der Waals surface area contributed by atoms with Crippen molar-refractivity contribution in [1.82, 2.24) is 15.0 Å².